The van der Waals surface area contributed by atoms with E-state index in [-0.39, 0.29) is 0 Å². The van der Waals surface area contributed by atoms with E-state index in [4.69, 9.17) is 9.78 Å². The van der Waals surface area contributed by atoms with Gasteiger partial charge in [-0.3, -0.25) is 0 Å². The molecule has 0 spiro atoms. The van der Waals surface area contributed by atoms with E-state index in [0.29, 0.717) is 6.61 Å². The lowest BCUT2D eigenvalue weighted by Gasteiger charge is -2.02. The Morgan fingerprint density at radius 3 is 2.82 bits per heavy atom. The van der Waals surface area contributed by atoms with Gasteiger partial charge in [0.15, 0.2) is 5.75 Å². The molecule has 1 rings (SSSR count). The number of rotatable bonds is 3. The predicted octanol–water partition coefficient (Wildman–Crippen LogP) is 2.33. The fourth-order valence-electron chi connectivity index (χ4n) is 0.794. The molecule has 1 aromatic rings. The van der Waals surface area contributed by atoms with Crippen molar-refractivity contribution in [1.29, 1.82) is 0 Å². The standard InChI is InChI=1S/C9H12O2/c1-3-10-11-9-6-4-5-8(2)7-9/h4-7H,3H2,1-2H3. The van der Waals surface area contributed by atoms with Crippen molar-refractivity contribution in [3.8, 4) is 5.75 Å². The Morgan fingerprint density at radius 1 is 1.36 bits per heavy atom. The zero-order chi connectivity index (χ0) is 8.10. The van der Waals surface area contributed by atoms with Crippen molar-refractivity contribution in [2.24, 2.45) is 0 Å². The van der Waals surface area contributed by atoms with Crippen LogP contribution in [0.15, 0.2) is 24.3 Å². The summed E-state index contributed by atoms with van der Waals surface area (Å²) < 4.78 is 0. The minimum atomic E-state index is 0.563. The van der Waals surface area contributed by atoms with Crippen LogP contribution in [-0.2, 0) is 4.89 Å². The molecule has 0 bridgehead atoms. The Balaban J connectivity index is 2.56. The quantitative estimate of drug-likeness (QED) is 0.489. The highest BCUT2D eigenvalue weighted by molar-refractivity contribution is 5.26. The van der Waals surface area contributed by atoms with Gasteiger partial charge in [-0.15, -0.1) is 0 Å². The molecule has 0 atom stereocenters. The highest BCUT2D eigenvalue weighted by Crippen LogP contribution is 2.11. The lowest BCUT2D eigenvalue weighted by Crippen LogP contribution is -1.95. The third-order valence-corrected chi connectivity index (χ3v) is 1.26. The molecular formula is C9H12O2. The van der Waals surface area contributed by atoms with Crippen LogP contribution in [0.1, 0.15) is 12.5 Å². The van der Waals surface area contributed by atoms with Crippen LogP contribution in [0.5, 0.6) is 5.75 Å². The van der Waals surface area contributed by atoms with Crippen LogP contribution < -0.4 is 4.89 Å². The largest absolute Gasteiger partial charge is 0.338 e. The van der Waals surface area contributed by atoms with Gasteiger partial charge in [0, 0.05) is 0 Å². The van der Waals surface area contributed by atoms with Crippen molar-refractivity contribution in [3.05, 3.63) is 29.8 Å². The summed E-state index contributed by atoms with van der Waals surface area (Å²) in [5.74, 6) is 0.756. The molecule has 0 aliphatic rings. The van der Waals surface area contributed by atoms with Crippen molar-refractivity contribution in [2.45, 2.75) is 13.8 Å². The van der Waals surface area contributed by atoms with E-state index in [1.54, 1.807) is 0 Å². The molecule has 0 aliphatic carbocycles. The summed E-state index contributed by atoms with van der Waals surface area (Å²) >= 11 is 0. The highest BCUT2D eigenvalue weighted by atomic mass is 17.2. The summed E-state index contributed by atoms with van der Waals surface area (Å²) in [5.41, 5.74) is 1.17. The summed E-state index contributed by atoms with van der Waals surface area (Å²) in [7, 11) is 0. The molecule has 0 saturated heterocycles. The monoisotopic (exact) mass is 152 g/mol. The molecule has 0 saturated carbocycles. The third kappa shape index (κ3) is 2.60. The Labute approximate surface area is 66.7 Å². The summed E-state index contributed by atoms with van der Waals surface area (Å²) in [6, 6.07) is 7.74. The van der Waals surface area contributed by atoms with Gasteiger partial charge < -0.3 is 4.89 Å². The van der Waals surface area contributed by atoms with Crippen LogP contribution in [-0.4, -0.2) is 6.61 Å². The first-order chi connectivity index (χ1) is 5.33. The van der Waals surface area contributed by atoms with Crippen LogP contribution in [0.2, 0.25) is 0 Å². The lowest BCUT2D eigenvalue weighted by molar-refractivity contribution is -0.202. The first kappa shape index (κ1) is 8.08. The van der Waals surface area contributed by atoms with Crippen molar-refractivity contribution < 1.29 is 9.78 Å². The minimum Gasteiger partial charge on any atom is -0.338 e. The van der Waals surface area contributed by atoms with Crippen LogP contribution in [0, 0.1) is 6.92 Å². The number of aryl methyl sites for hydroxylation is 1. The molecule has 0 radical (unpaired) electrons. The van der Waals surface area contributed by atoms with Gasteiger partial charge in [0.25, 0.3) is 0 Å². The van der Waals surface area contributed by atoms with Crippen LogP contribution >= 0.6 is 0 Å². The Morgan fingerprint density at radius 2 is 2.18 bits per heavy atom. The molecule has 2 heteroatoms. The topological polar surface area (TPSA) is 18.5 Å². The Bertz CT molecular complexity index is 221. The Kier molecular flexibility index (Phi) is 2.93. The van der Waals surface area contributed by atoms with E-state index in [1.807, 2.05) is 38.1 Å². The van der Waals surface area contributed by atoms with E-state index < -0.39 is 0 Å². The zero-order valence-electron chi connectivity index (χ0n) is 6.83. The molecule has 1 aromatic carbocycles. The van der Waals surface area contributed by atoms with Gasteiger partial charge in [0.1, 0.15) is 0 Å². The van der Waals surface area contributed by atoms with E-state index in [2.05, 4.69) is 0 Å². The van der Waals surface area contributed by atoms with E-state index in [0.717, 1.165) is 5.75 Å². The highest BCUT2D eigenvalue weighted by Gasteiger charge is 1.92. The second-order valence-corrected chi connectivity index (χ2v) is 2.31. The van der Waals surface area contributed by atoms with Crippen molar-refractivity contribution in [2.75, 3.05) is 6.61 Å². The van der Waals surface area contributed by atoms with Crippen molar-refractivity contribution >= 4 is 0 Å². The molecule has 0 heterocycles. The van der Waals surface area contributed by atoms with Gasteiger partial charge in [-0.25, -0.2) is 0 Å². The van der Waals surface area contributed by atoms with Gasteiger partial charge in [0.05, 0.1) is 6.61 Å². The Hall–Kier alpha value is -1.02. The second-order valence-electron chi connectivity index (χ2n) is 2.31. The smallest absolute Gasteiger partial charge is 0.165 e. The lowest BCUT2D eigenvalue weighted by atomic mass is 10.2. The predicted molar refractivity (Wildman–Crippen MR) is 43.4 cm³/mol. The SMILES string of the molecule is CCOOc1cccc(C)c1. The molecule has 0 unspecified atom stereocenters. The second kappa shape index (κ2) is 3.98. The first-order valence-electron chi connectivity index (χ1n) is 3.69. The number of hydrogen-bond donors (Lipinski definition) is 0. The minimum absolute atomic E-state index is 0.563. The van der Waals surface area contributed by atoms with Crippen LogP contribution in [0.4, 0.5) is 0 Å². The fourth-order valence-corrected chi connectivity index (χ4v) is 0.794. The summed E-state index contributed by atoms with van der Waals surface area (Å²) in [6.45, 7) is 4.46. The maximum absolute atomic E-state index is 4.94. The van der Waals surface area contributed by atoms with Crippen molar-refractivity contribution in [3.63, 3.8) is 0 Å². The van der Waals surface area contributed by atoms with Crippen molar-refractivity contribution in [1.82, 2.24) is 0 Å². The molecule has 0 aliphatic heterocycles. The first-order valence-corrected chi connectivity index (χ1v) is 3.69. The molecule has 60 valence electrons. The number of benzene rings is 1. The third-order valence-electron chi connectivity index (χ3n) is 1.26. The average Bonchev–Trinajstić information content (AvgIpc) is 2.01. The van der Waals surface area contributed by atoms with Crippen LogP contribution in [0.25, 0.3) is 0 Å². The molecular weight excluding hydrogens is 140 g/mol. The van der Waals surface area contributed by atoms with Gasteiger partial charge in [-0.2, -0.15) is 4.89 Å². The molecule has 2 nitrogen and oxygen atoms in total. The van der Waals surface area contributed by atoms with Gasteiger partial charge >= 0.3 is 0 Å². The van der Waals surface area contributed by atoms with Gasteiger partial charge in [-0.05, 0) is 31.5 Å². The van der Waals surface area contributed by atoms with E-state index in [9.17, 15) is 0 Å². The maximum atomic E-state index is 4.94. The summed E-state index contributed by atoms with van der Waals surface area (Å²) in [5, 5.41) is 0. The van der Waals surface area contributed by atoms with Gasteiger partial charge in [0.2, 0.25) is 0 Å². The summed E-state index contributed by atoms with van der Waals surface area (Å²) in [6.07, 6.45) is 0. The average molecular weight is 152 g/mol. The van der Waals surface area contributed by atoms with E-state index in [1.165, 1.54) is 5.56 Å². The van der Waals surface area contributed by atoms with Gasteiger partial charge in [-0.1, -0.05) is 12.1 Å². The normalized spacial score (nSPS) is 9.64. The maximum Gasteiger partial charge on any atom is 0.165 e. The van der Waals surface area contributed by atoms with E-state index >= 15 is 0 Å². The number of hydrogen-bond acceptors (Lipinski definition) is 2. The fraction of sp³-hybridized carbons (Fsp3) is 0.333. The summed E-state index contributed by atoms with van der Waals surface area (Å²) in [4.78, 5) is 9.71. The zero-order valence-corrected chi connectivity index (χ0v) is 6.83. The molecule has 0 amide bonds. The molecule has 0 aromatic heterocycles. The van der Waals surface area contributed by atoms with Crippen LogP contribution in [0.3, 0.4) is 0 Å². The molecule has 0 N–H and O–H groups in total. The molecule has 11 heavy (non-hydrogen) atoms. The molecule has 0 fully saturated rings.